The zero-order valence-corrected chi connectivity index (χ0v) is 11.0. The number of rotatable bonds is 10. The monoisotopic (exact) mass is 238 g/mol. The fourth-order valence-corrected chi connectivity index (χ4v) is 2.14. The molecule has 98 valence electrons. The summed E-state index contributed by atoms with van der Waals surface area (Å²) in [4.78, 5) is 10.3. The van der Waals surface area contributed by atoms with Crippen molar-refractivity contribution in [1.29, 1.82) is 0 Å². The van der Waals surface area contributed by atoms with Crippen LogP contribution in [-0.2, 0) is 4.79 Å². The van der Waals surface area contributed by atoms with Crippen LogP contribution in [0.2, 0.25) is 0 Å². The third-order valence-electron chi connectivity index (χ3n) is 3.57. The standard InChI is InChI=1S/C15H26O2/c1-13-12-14(13)10-8-6-4-2-3-5-7-9-11-15(16)17/h8,10,13-14H,2-7,9,11-12H2,1H3,(H,16,17). The van der Waals surface area contributed by atoms with E-state index in [0.717, 1.165) is 24.7 Å². The molecule has 0 aromatic heterocycles. The highest BCUT2D eigenvalue weighted by molar-refractivity contribution is 5.66. The van der Waals surface area contributed by atoms with Gasteiger partial charge in [0.15, 0.2) is 0 Å². The van der Waals surface area contributed by atoms with E-state index in [2.05, 4.69) is 19.1 Å². The molecule has 1 fully saturated rings. The van der Waals surface area contributed by atoms with Crippen LogP contribution >= 0.6 is 0 Å². The van der Waals surface area contributed by atoms with E-state index in [4.69, 9.17) is 5.11 Å². The van der Waals surface area contributed by atoms with Crippen molar-refractivity contribution in [1.82, 2.24) is 0 Å². The number of hydrogen-bond donors (Lipinski definition) is 1. The number of unbranched alkanes of at least 4 members (excludes halogenated alkanes) is 6. The maximum atomic E-state index is 10.3. The Morgan fingerprint density at radius 1 is 1.18 bits per heavy atom. The molecule has 0 radical (unpaired) electrons. The molecule has 1 N–H and O–H groups in total. The van der Waals surface area contributed by atoms with Crippen molar-refractivity contribution in [3.05, 3.63) is 12.2 Å². The lowest BCUT2D eigenvalue weighted by Crippen LogP contribution is -1.93. The van der Waals surface area contributed by atoms with E-state index >= 15 is 0 Å². The second kappa shape index (κ2) is 8.32. The van der Waals surface area contributed by atoms with E-state index in [1.165, 1.54) is 38.5 Å². The third kappa shape index (κ3) is 8.00. The normalized spacial score (nSPS) is 23.1. The van der Waals surface area contributed by atoms with Gasteiger partial charge in [0, 0.05) is 6.42 Å². The second-order valence-corrected chi connectivity index (χ2v) is 5.36. The van der Waals surface area contributed by atoms with E-state index in [9.17, 15) is 4.79 Å². The van der Waals surface area contributed by atoms with E-state index < -0.39 is 5.97 Å². The van der Waals surface area contributed by atoms with Crippen LogP contribution in [0.3, 0.4) is 0 Å². The molecule has 0 aromatic carbocycles. The first-order valence-corrected chi connectivity index (χ1v) is 7.08. The molecule has 0 saturated heterocycles. The van der Waals surface area contributed by atoms with Gasteiger partial charge in [0.05, 0.1) is 0 Å². The molecular weight excluding hydrogens is 212 g/mol. The summed E-state index contributed by atoms with van der Waals surface area (Å²) in [5.41, 5.74) is 0. The van der Waals surface area contributed by atoms with Crippen molar-refractivity contribution in [3.8, 4) is 0 Å². The number of aliphatic carboxylic acids is 1. The van der Waals surface area contributed by atoms with Crippen LogP contribution in [0.15, 0.2) is 12.2 Å². The van der Waals surface area contributed by atoms with Crippen LogP contribution in [0.1, 0.15) is 64.7 Å². The minimum atomic E-state index is -0.663. The van der Waals surface area contributed by atoms with Crippen LogP contribution in [0.5, 0.6) is 0 Å². The average Bonchev–Trinajstić information content (AvgIpc) is 2.97. The molecule has 2 nitrogen and oxygen atoms in total. The molecule has 1 saturated carbocycles. The predicted octanol–water partition coefficient (Wildman–Crippen LogP) is 4.40. The highest BCUT2D eigenvalue weighted by atomic mass is 16.4. The summed E-state index contributed by atoms with van der Waals surface area (Å²) in [6, 6.07) is 0. The maximum absolute atomic E-state index is 10.3. The summed E-state index contributed by atoms with van der Waals surface area (Å²) < 4.78 is 0. The Kier molecular flexibility index (Phi) is 6.99. The lowest BCUT2D eigenvalue weighted by Gasteiger charge is -1.99. The van der Waals surface area contributed by atoms with Crippen LogP contribution in [-0.4, -0.2) is 11.1 Å². The molecular formula is C15H26O2. The van der Waals surface area contributed by atoms with Gasteiger partial charge in [-0.3, -0.25) is 4.79 Å². The fraction of sp³-hybridized carbons (Fsp3) is 0.800. The highest BCUT2D eigenvalue weighted by Gasteiger charge is 2.29. The van der Waals surface area contributed by atoms with Crippen molar-refractivity contribution >= 4 is 5.97 Å². The molecule has 0 amide bonds. The number of allylic oxidation sites excluding steroid dienone is 2. The molecule has 2 heteroatoms. The minimum absolute atomic E-state index is 0.336. The summed E-state index contributed by atoms with van der Waals surface area (Å²) in [6.45, 7) is 2.31. The lowest BCUT2D eigenvalue weighted by molar-refractivity contribution is -0.137. The smallest absolute Gasteiger partial charge is 0.303 e. The van der Waals surface area contributed by atoms with Crippen LogP contribution in [0.25, 0.3) is 0 Å². The van der Waals surface area contributed by atoms with E-state index in [1.54, 1.807) is 0 Å². The first-order valence-electron chi connectivity index (χ1n) is 7.08. The predicted molar refractivity (Wildman–Crippen MR) is 71.0 cm³/mol. The van der Waals surface area contributed by atoms with Gasteiger partial charge in [-0.05, 0) is 37.5 Å². The quantitative estimate of drug-likeness (QED) is 0.452. The van der Waals surface area contributed by atoms with Gasteiger partial charge in [0.25, 0.3) is 0 Å². The molecule has 2 atom stereocenters. The summed E-state index contributed by atoms with van der Waals surface area (Å²) in [7, 11) is 0. The van der Waals surface area contributed by atoms with E-state index in [1.807, 2.05) is 0 Å². The second-order valence-electron chi connectivity index (χ2n) is 5.36. The van der Waals surface area contributed by atoms with E-state index in [0.29, 0.717) is 6.42 Å². The number of hydrogen-bond acceptors (Lipinski definition) is 1. The molecule has 0 aromatic rings. The summed E-state index contributed by atoms with van der Waals surface area (Å²) in [5.74, 6) is 1.15. The third-order valence-corrected chi connectivity index (χ3v) is 3.57. The van der Waals surface area contributed by atoms with Crippen molar-refractivity contribution in [2.75, 3.05) is 0 Å². The van der Waals surface area contributed by atoms with Crippen molar-refractivity contribution in [2.24, 2.45) is 11.8 Å². The Morgan fingerprint density at radius 3 is 2.35 bits per heavy atom. The Bertz CT molecular complexity index is 245. The highest BCUT2D eigenvalue weighted by Crippen LogP contribution is 2.38. The van der Waals surface area contributed by atoms with Crippen molar-refractivity contribution in [2.45, 2.75) is 64.7 Å². The van der Waals surface area contributed by atoms with Gasteiger partial charge >= 0.3 is 5.97 Å². The largest absolute Gasteiger partial charge is 0.481 e. The van der Waals surface area contributed by atoms with Gasteiger partial charge in [-0.15, -0.1) is 0 Å². The molecule has 17 heavy (non-hydrogen) atoms. The zero-order chi connectivity index (χ0) is 12.5. The fourth-order valence-electron chi connectivity index (χ4n) is 2.14. The molecule has 0 heterocycles. The SMILES string of the molecule is CC1CC1C=CCCCCCCCCC(=O)O. The number of carbonyl (C=O) groups is 1. The molecule has 1 rings (SSSR count). The first-order chi connectivity index (χ1) is 8.20. The van der Waals surface area contributed by atoms with Gasteiger partial charge in [-0.25, -0.2) is 0 Å². The topological polar surface area (TPSA) is 37.3 Å². The van der Waals surface area contributed by atoms with Crippen molar-refractivity contribution in [3.63, 3.8) is 0 Å². The number of carboxylic acids is 1. The number of carboxylic acid groups (broad SMARTS) is 1. The Morgan fingerprint density at radius 2 is 1.76 bits per heavy atom. The molecule has 0 spiro atoms. The summed E-state index contributed by atoms with van der Waals surface area (Å²) >= 11 is 0. The Balaban J connectivity index is 1.75. The average molecular weight is 238 g/mol. The van der Waals surface area contributed by atoms with E-state index in [-0.39, 0.29) is 0 Å². The zero-order valence-electron chi connectivity index (χ0n) is 11.0. The molecule has 0 aliphatic heterocycles. The molecule has 2 unspecified atom stereocenters. The summed E-state index contributed by atoms with van der Waals surface area (Å²) in [5, 5.41) is 8.47. The van der Waals surface area contributed by atoms with Gasteiger partial charge in [-0.2, -0.15) is 0 Å². The van der Waals surface area contributed by atoms with Crippen LogP contribution in [0, 0.1) is 11.8 Å². The molecule has 1 aliphatic rings. The first kappa shape index (κ1) is 14.3. The Hall–Kier alpha value is -0.790. The lowest BCUT2D eigenvalue weighted by atomic mass is 10.1. The van der Waals surface area contributed by atoms with Gasteiger partial charge < -0.3 is 5.11 Å². The van der Waals surface area contributed by atoms with Gasteiger partial charge in [0.2, 0.25) is 0 Å². The molecule has 0 bridgehead atoms. The molecule has 1 aliphatic carbocycles. The summed E-state index contributed by atoms with van der Waals surface area (Å²) in [6.07, 6.45) is 14.6. The Labute approximate surface area is 105 Å². The minimum Gasteiger partial charge on any atom is -0.481 e. The van der Waals surface area contributed by atoms with Gasteiger partial charge in [-0.1, -0.05) is 44.8 Å². The van der Waals surface area contributed by atoms with Crippen LogP contribution in [0.4, 0.5) is 0 Å². The van der Waals surface area contributed by atoms with Gasteiger partial charge in [0.1, 0.15) is 0 Å². The van der Waals surface area contributed by atoms with Crippen LogP contribution < -0.4 is 0 Å². The van der Waals surface area contributed by atoms with Crippen molar-refractivity contribution < 1.29 is 9.90 Å². The maximum Gasteiger partial charge on any atom is 0.303 e.